The smallest absolute Gasteiger partial charge is 0.191 e. The molecule has 0 saturated carbocycles. The molecule has 0 aliphatic carbocycles. The van der Waals surface area contributed by atoms with Gasteiger partial charge in [-0.2, -0.15) is 0 Å². The molecule has 0 radical (unpaired) electrons. The fourth-order valence-corrected chi connectivity index (χ4v) is 2.94. The van der Waals surface area contributed by atoms with Crippen LogP contribution in [0.1, 0.15) is 37.7 Å². The molecule has 2 heterocycles. The van der Waals surface area contributed by atoms with Crippen molar-refractivity contribution in [3.05, 3.63) is 23.8 Å². The monoisotopic (exact) mass is 303 g/mol. The quantitative estimate of drug-likeness (QED) is 0.674. The van der Waals surface area contributed by atoms with Gasteiger partial charge in [0.15, 0.2) is 17.5 Å². The Morgan fingerprint density at radius 1 is 1.05 bits per heavy atom. The van der Waals surface area contributed by atoms with Crippen molar-refractivity contribution in [1.29, 1.82) is 0 Å². The Labute approximate surface area is 132 Å². The van der Waals surface area contributed by atoms with Crippen molar-refractivity contribution in [3.8, 4) is 11.5 Å². The van der Waals surface area contributed by atoms with E-state index in [1.54, 1.807) is 0 Å². The average Bonchev–Trinajstić information content (AvgIpc) is 2.95. The molecule has 2 aliphatic rings. The molecule has 0 spiro atoms. The Bertz CT molecular complexity index is 523. The fraction of sp³-hybridized carbons (Fsp3) is 0.588. The molecule has 2 N–H and O–H groups in total. The maximum absolute atomic E-state index is 6.18. The molecular formula is C17H25N3O2. The molecule has 5 heteroatoms. The van der Waals surface area contributed by atoms with Crippen molar-refractivity contribution in [2.75, 3.05) is 26.3 Å². The molecule has 0 amide bonds. The van der Waals surface area contributed by atoms with Crippen LogP contribution in [0, 0.1) is 0 Å². The molecule has 0 aromatic heterocycles. The second-order valence-electron chi connectivity index (χ2n) is 5.87. The van der Waals surface area contributed by atoms with E-state index in [0.29, 0.717) is 25.7 Å². The lowest BCUT2D eigenvalue weighted by Gasteiger charge is -2.21. The second-order valence-corrected chi connectivity index (χ2v) is 5.87. The van der Waals surface area contributed by atoms with Crippen molar-refractivity contribution >= 4 is 5.96 Å². The van der Waals surface area contributed by atoms with E-state index in [1.165, 1.54) is 25.7 Å². The molecule has 1 saturated heterocycles. The molecule has 3 rings (SSSR count). The topological polar surface area (TPSA) is 60.1 Å². The summed E-state index contributed by atoms with van der Waals surface area (Å²) in [6.07, 6.45) is 5.90. The van der Waals surface area contributed by atoms with Crippen LogP contribution in [0.5, 0.6) is 11.5 Å². The minimum absolute atomic E-state index is 0.537. The van der Waals surface area contributed by atoms with Crippen LogP contribution < -0.4 is 15.2 Å². The molecule has 2 aliphatic heterocycles. The summed E-state index contributed by atoms with van der Waals surface area (Å²) in [4.78, 5) is 6.78. The van der Waals surface area contributed by atoms with Gasteiger partial charge in [-0.15, -0.1) is 0 Å². The molecule has 0 unspecified atom stereocenters. The third-order valence-corrected chi connectivity index (χ3v) is 4.19. The largest absolute Gasteiger partial charge is 0.490 e. The Hall–Kier alpha value is -1.91. The van der Waals surface area contributed by atoms with Crippen molar-refractivity contribution < 1.29 is 9.47 Å². The van der Waals surface area contributed by atoms with Gasteiger partial charge in [-0.05, 0) is 18.9 Å². The Morgan fingerprint density at radius 3 is 2.64 bits per heavy atom. The van der Waals surface area contributed by atoms with E-state index in [-0.39, 0.29) is 0 Å². The minimum atomic E-state index is 0.537. The van der Waals surface area contributed by atoms with Crippen LogP contribution in [0.4, 0.5) is 0 Å². The lowest BCUT2D eigenvalue weighted by molar-refractivity contribution is 0.296. The van der Waals surface area contributed by atoms with Gasteiger partial charge < -0.3 is 20.1 Å². The molecule has 120 valence electrons. The predicted molar refractivity (Wildman–Crippen MR) is 87.4 cm³/mol. The van der Waals surface area contributed by atoms with Gasteiger partial charge in [-0.25, -0.2) is 4.99 Å². The highest BCUT2D eigenvalue weighted by molar-refractivity contribution is 5.78. The van der Waals surface area contributed by atoms with Crippen LogP contribution in [0.2, 0.25) is 0 Å². The second kappa shape index (κ2) is 7.38. The number of benzene rings is 1. The number of nitrogens with zero attached hydrogens (tertiary/aromatic N) is 2. The predicted octanol–water partition coefficient (Wildman–Crippen LogP) is 2.54. The number of fused-ring (bicyclic) bond motifs is 1. The summed E-state index contributed by atoms with van der Waals surface area (Å²) in [5.74, 6) is 2.29. The molecule has 5 nitrogen and oxygen atoms in total. The first-order valence-electron chi connectivity index (χ1n) is 8.27. The maximum Gasteiger partial charge on any atom is 0.191 e. The number of nitrogens with two attached hydrogens (primary N) is 1. The summed E-state index contributed by atoms with van der Waals surface area (Å²) in [6.45, 7) is 3.96. The first-order chi connectivity index (χ1) is 10.8. The van der Waals surface area contributed by atoms with Crippen LogP contribution in [-0.4, -0.2) is 37.2 Å². The Kier molecular flexibility index (Phi) is 5.03. The van der Waals surface area contributed by atoms with Gasteiger partial charge in [0.1, 0.15) is 0 Å². The lowest BCUT2D eigenvalue weighted by Crippen LogP contribution is -2.38. The van der Waals surface area contributed by atoms with Gasteiger partial charge in [0.2, 0.25) is 0 Å². The fourth-order valence-electron chi connectivity index (χ4n) is 2.94. The maximum atomic E-state index is 6.18. The van der Waals surface area contributed by atoms with Gasteiger partial charge in [-0.1, -0.05) is 25.0 Å². The third kappa shape index (κ3) is 3.64. The zero-order valence-corrected chi connectivity index (χ0v) is 13.1. The van der Waals surface area contributed by atoms with Crippen LogP contribution in [0.25, 0.3) is 0 Å². The number of guanidine groups is 1. The SMILES string of the molecule is NC(=NCc1cccc2c1OCCCO2)N1CCCCCC1. The zero-order chi connectivity index (χ0) is 15.2. The van der Waals surface area contributed by atoms with E-state index in [4.69, 9.17) is 15.2 Å². The van der Waals surface area contributed by atoms with Crippen molar-refractivity contribution in [3.63, 3.8) is 0 Å². The van der Waals surface area contributed by atoms with E-state index < -0.39 is 0 Å². The summed E-state index contributed by atoms with van der Waals surface area (Å²) in [5, 5.41) is 0. The van der Waals surface area contributed by atoms with E-state index in [2.05, 4.69) is 9.89 Å². The molecule has 22 heavy (non-hydrogen) atoms. The number of hydrogen-bond acceptors (Lipinski definition) is 3. The van der Waals surface area contributed by atoms with E-state index >= 15 is 0 Å². The molecule has 1 aromatic carbocycles. The highest BCUT2D eigenvalue weighted by Crippen LogP contribution is 2.33. The Balaban J connectivity index is 1.71. The molecule has 1 fully saturated rings. The van der Waals surface area contributed by atoms with Crippen molar-refractivity contribution in [2.24, 2.45) is 10.7 Å². The number of aliphatic imine (C=N–C) groups is 1. The van der Waals surface area contributed by atoms with E-state index in [1.807, 2.05) is 18.2 Å². The zero-order valence-electron chi connectivity index (χ0n) is 13.1. The molecular weight excluding hydrogens is 278 g/mol. The summed E-state index contributed by atoms with van der Waals surface area (Å²) in [6, 6.07) is 5.97. The lowest BCUT2D eigenvalue weighted by atomic mass is 10.2. The summed E-state index contributed by atoms with van der Waals surface area (Å²) >= 11 is 0. The highest BCUT2D eigenvalue weighted by atomic mass is 16.5. The van der Waals surface area contributed by atoms with Gasteiger partial charge in [0, 0.05) is 25.1 Å². The van der Waals surface area contributed by atoms with Crippen LogP contribution >= 0.6 is 0 Å². The van der Waals surface area contributed by atoms with Crippen molar-refractivity contribution in [2.45, 2.75) is 38.6 Å². The average molecular weight is 303 g/mol. The number of ether oxygens (including phenoxy) is 2. The molecule has 0 bridgehead atoms. The normalized spacial score (nSPS) is 19.5. The number of rotatable bonds is 2. The highest BCUT2D eigenvalue weighted by Gasteiger charge is 2.15. The first-order valence-corrected chi connectivity index (χ1v) is 8.27. The van der Waals surface area contributed by atoms with E-state index in [9.17, 15) is 0 Å². The van der Waals surface area contributed by atoms with Gasteiger partial charge in [0.25, 0.3) is 0 Å². The Morgan fingerprint density at radius 2 is 1.82 bits per heavy atom. The first kappa shape index (κ1) is 15.0. The summed E-state index contributed by atoms with van der Waals surface area (Å²) < 4.78 is 11.5. The van der Waals surface area contributed by atoms with Gasteiger partial charge in [-0.3, -0.25) is 0 Å². The molecule has 0 atom stereocenters. The van der Waals surface area contributed by atoms with Crippen LogP contribution in [0.15, 0.2) is 23.2 Å². The summed E-state index contributed by atoms with van der Waals surface area (Å²) in [5.41, 5.74) is 7.22. The summed E-state index contributed by atoms with van der Waals surface area (Å²) in [7, 11) is 0. The number of likely N-dealkylation sites (tertiary alicyclic amines) is 1. The van der Waals surface area contributed by atoms with Crippen LogP contribution in [0.3, 0.4) is 0 Å². The minimum Gasteiger partial charge on any atom is -0.490 e. The van der Waals surface area contributed by atoms with Crippen molar-refractivity contribution in [1.82, 2.24) is 4.90 Å². The van der Waals surface area contributed by atoms with E-state index in [0.717, 1.165) is 36.6 Å². The number of para-hydroxylation sites is 1. The van der Waals surface area contributed by atoms with Gasteiger partial charge in [0.05, 0.1) is 19.8 Å². The third-order valence-electron chi connectivity index (χ3n) is 4.19. The van der Waals surface area contributed by atoms with Gasteiger partial charge >= 0.3 is 0 Å². The van der Waals surface area contributed by atoms with Crippen LogP contribution in [-0.2, 0) is 6.54 Å². The number of hydrogen-bond donors (Lipinski definition) is 1. The standard InChI is InChI=1S/C17H25N3O2/c18-17(20-9-3-1-2-4-10-20)19-13-14-7-5-8-15-16(14)22-12-6-11-21-15/h5,7-8H,1-4,6,9-13H2,(H2,18,19). The molecule has 1 aromatic rings.